The normalized spacial score (nSPS) is 11.7. The molecule has 0 bridgehead atoms. The molecule has 116 valence electrons. The van der Waals surface area contributed by atoms with E-state index in [1.807, 2.05) is 12.1 Å². The Morgan fingerprint density at radius 3 is 2.38 bits per heavy atom. The molecule has 0 radical (unpaired) electrons. The van der Waals surface area contributed by atoms with E-state index in [-0.39, 0.29) is 5.78 Å². The fourth-order valence-electron chi connectivity index (χ4n) is 2.72. The standard InChI is InChI=1S/C22H17NO/c1-17(24)19-14-12-18(13-15-19)8-4-2-3-5-10-21-16-20-9-6-7-11-22(20)23-21/h12-16,23H,6-7,9,11H2,1H3. The zero-order valence-electron chi connectivity index (χ0n) is 13.6. The van der Waals surface area contributed by atoms with Gasteiger partial charge in [0.2, 0.25) is 0 Å². The van der Waals surface area contributed by atoms with Crippen molar-refractivity contribution in [2.75, 3.05) is 0 Å². The molecule has 2 heteroatoms. The van der Waals surface area contributed by atoms with Crippen LogP contribution in [0.15, 0.2) is 30.3 Å². The number of hydrogen-bond acceptors (Lipinski definition) is 1. The van der Waals surface area contributed by atoms with Gasteiger partial charge in [0.25, 0.3) is 0 Å². The van der Waals surface area contributed by atoms with Crippen molar-refractivity contribution in [2.24, 2.45) is 0 Å². The summed E-state index contributed by atoms with van der Waals surface area (Å²) in [6.45, 7) is 1.55. The highest BCUT2D eigenvalue weighted by Gasteiger charge is 2.11. The van der Waals surface area contributed by atoms with Crippen LogP contribution in [-0.2, 0) is 12.8 Å². The second kappa shape index (κ2) is 7.41. The summed E-state index contributed by atoms with van der Waals surface area (Å²) in [7, 11) is 0. The van der Waals surface area contributed by atoms with Crippen LogP contribution in [0.25, 0.3) is 0 Å². The summed E-state index contributed by atoms with van der Waals surface area (Å²) in [5, 5.41) is 0. The highest BCUT2D eigenvalue weighted by atomic mass is 16.1. The lowest BCUT2D eigenvalue weighted by atomic mass is 9.98. The number of hydrogen-bond donors (Lipinski definition) is 1. The molecule has 1 heterocycles. The molecule has 1 aromatic carbocycles. The lowest BCUT2D eigenvalue weighted by molar-refractivity contribution is 0.101. The molecule has 0 aliphatic heterocycles. The first-order valence-corrected chi connectivity index (χ1v) is 8.06. The van der Waals surface area contributed by atoms with Gasteiger partial charge in [-0.25, -0.2) is 0 Å². The third-order valence-electron chi connectivity index (χ3n) is 4.00. The van der Waals surface area contributed by atoms with E-state index in [1.165, 1.54) is 24.1 Å². The summed E-state index contributed by atoms with van der Waals surface area (Å²) in [5.74, 6) is 17.1. The van der Waals surface area contributed by atoms with Crippen LogP contribution in [0.3, 0.4) is 0 Å². The third kappa shape index (κ3) is 3.98. The molecule has 0 saturated carbocycles. The maximum Gasteiger partial charge on any atom is 0.159 e. The van der Waals surface area contributed by atoms with Gasteiger partial charge in [0.05, 0.1) is 5.69 Å². The van der Waals surface area contributed by atoms with Gasteiger partial charge < -0.3 is 4.98 Å². The van der Waals surface area contributed by atoms with Gasteiger partial charge >= 0.3 is 0 Å². The van der Waals surface area contributed by atoms with Gasteiger partial charge in [-0.3, -0.25) is 4.79 Å². The molecule has 24 heavy (non-hydrogen) atoms. The Kier molecular flexibility index (Phi) is 4.86. The van der Waals surface area contributed by atoms with Crippen molar-refractivity contribution in [3.05, 3.63) is 58.4 Å². The number of ketones is 1. The second-order valence-electron chi connectivity index (χ2n) is 5.78. The highest BCUT2D eigenvalue weighted by Crippen LogP contribution is 2.21. The van der Waals surface area contributed by atoms with E-state index >= 15 is 0 Å². The lowest BCUT2D eigenvalue weighted by Gasteiger charge is -2.08. The number of fused-ring (bicyclic) bond motifs is 1. The minimum Gasteiger partial charge on any atom is -0.352 e. The molecule has 1 aromatic heterocycles. The molecule has 2 nitrogen and oxygen atoms in total. The van der Waals surface area contributed by atoms with Crippen molar-refractivity contribution < 1.29 is 4.79 Å². The van der Waals surface area contributed by atoms with Crippen LogP contribution in [-0.4, -0.2) is 10.8 Å². The predicted molar refractivity (Wildman–Crippen MR) is 95.4 cm³/mol. The van der Waals surface area contributed by atoms with E-state index in [0.29, 0.717) is 5.56 Å². The Balaban J connectivity index is 1.63. The van der Waals surface area contributed by atoms with Crippen LogP contribution in [0.4, 0.5) is 0 Å². The number of nitrogens with one attached hydrogen (secondary N) is 1. The number of carbonyl (C=O) groups excluding carboxylic acids is 1. The molecule has 0 fully saturated rings. The van der Waals surface area contributed by atoms with Crippen molar-refractivity contribution in [3.63, 3.8) is 0 Å². The zero-order chi connectivity index (χ0) is 16.8. The summed E-state index contributed by atoms with van der Waals surface area (Å²) in [4.78, 5) is 14.6. The highest BCUT2D eigenvalue weighted by molar-refractivity contribution is 5.94. The summed E-state index contributed by atoms with van der Waals surface area (Å²) in [5.41, 5.74) is 5.18. The molecule has 0 spiro atoms. The van der Waals surface area contributed by atoms with E-state index in [0.717, 1.165) is 24.1 Å². The first kappa shape index (κ1) is 15.7. The Morgan fingerprint density at radius 2 is 1.67 bits per heavy atom. The van der Waals surface area contributed by atoms with Gasteiger partial charge in [-0.2, -0.15) is 0 Å². The van der Waals surface area contributed by atoms with E-state index in [4.69, 9.17) is 0 Å². The van der Waals surface area contributed by atoms with Crippen molar-refractivity contribution >= 4 is 5.78 Å². The number of rotatable bonds is 1. The lowest BCUT2D eigenvalue weighted by Crippen LogP contribution is -1.99. The van der Waals surface area contributed by atoms with Crippen molar-refractivity contribution in [1.82, 2.24) is 4.98 Å². The molecule has 0 unspecified atom stereocenters. The van der Waals surface area contributed by atoms with Crippen LogP contribution in [0.5, 0.6) is 0 Å². The molecule has 1 aliphatic carbocycles. The van der Waals surface area contributed by atoms with Crippen LogP contribution in [0.2, 0.25) is 0 Å². The average molecular weight is 311 g/mol. The van der Waals surface area contributed by atoms with E-state index in [9.17, 15) is 4.79 Å². The molecule has 1 N–H and O–H groups in total. The number of carbonyl (C=O) groups is 1. The molecular weight excluding hydrogens is 294 g/mol. The second-order valence-corrected chi connectivity index (χ2v) is 5.78. The van der Waals surface area contributed by atoms with E-state index in [1.54, 1.807) is 19.1 Å². The number of Topliss-reactive ketones (excluding diaryl/α,β-unsaturated/α-hetero) is 1. The Bertz CT molecular complexity index is 918. The Hall–Kier alpha value is -3.15. The van der Waals surface area contributed by atoms with E-state index in [2.05, 4.69) is 46.6 Å². The van der Waals surface area contributed by atoms with Crippen LogP contribution >= 0.6 is 0 Å². The molecule has 3 rings (SSSR count). The maximum atomic E-state index is 11.2. The minimum atomic E-state index is 0.0515. The van der Waals surface area contributed by atoms with Crippen LogP contribution < -0.4 is 0 Å². The van der Waals surface area contributed by atoms with Crippen molar-refractivity contribution in [2.45, 2.75) is 32.6 Å². The summed E-state index contributed by atoms with van der Waals surface area (Å²) < 4.78 is 0. The summed E-state index contributed by atoms with van der Waals surface area (Å²) in [6, 6.07) is 9.31. The molecule has 0 saturated heterocycles. The molecule has 0 atom stereocenters. The SMILES string of the molecule is CC(=O)c1ccc(C#CC#CC#Cc2cc3c([nH]2)CCCC3)cc1. The molecule has 1 aliphatic rings. The van der Waals surface area contributed by atoms with Gasteiger partial charge in [0.1, 0.15) is 0 Å². The van der Waals surface area contributed by atoms with Gasteiger partial charge in [-0.05, 0) is 86.0 Å². The topological polar surface area (TPSA) is 32.9 Å². The molecular formula is C22H17NO. The third-order valence-corrected chi connectivity index (χ3v) is 4.00. The quantitative estimate of drug-likeness (QED) is 0.634. The van der Waals surface area contributed by atoms with Gasteiger partial charge in [0.15, 0.2) is 5.78 Å². The monoisotopic (exact) mass is 311 g/mol. The van der Waals surface area contributed by atoms with Gasteiger partial charge in [-0.15, -0.1) is 0 Å². The van der Waals surface area contributed by atoms with Gasteiger partial charge in [-0.1, -0.05) is 18.1 Å². The van der Waals surface area contributed by atoms with Crippen molar-refractivity contribution in [1.29, 1.82) is 0 Å². The Morgan fingerprint density at radius 1 is 0.958 bits per heavy atom. The first-order chi connectivity index (χ1) is 11.7. The number of aromatic nitrogens is 1. The van der Waals surface area contributed by atoms with Crippen LogP contribution in [0.1, 0.15) is 52.6 Å². The number of benzene rings is 1. The maximum absolute atomic E-state index is 11.2. The largest absolute Gasteiger partial charge is 0.352 e. The zero-order valence-corrected chi connectivity index (χ0v) is 13.6. The first-order valence-electron chi connectivity index (χ1n) is 8.06. The summed E-state index contributed by atoms with van der Waals surface area (Å²) >= 11 is 0. The van der Waals surface area contributed by atoms with E-state index < -0.39 is 0 Å². The number of aromatic amines is 1. The minimum absolute atomic E-state index is 0.0515. The smallest absolute Gasteiger partial charge is 0.159 e. The molecule has 2 aromatic rings. The average Bonchev–Trinajstić information content (AvgIpc) is 3.01. The summed E-state index contributed by atoms with van der Waals surface area (Å²) in [6.07, 6.45) is 4.79. The van der Waals surface area contributed by atoms with Gasteiger partial charge in [0, 0.05) is 16.8 Å². The number of H-pyrrole nitrogens is 1. The fourth-order valence-corrected chi connectivity index (χ4v) is 2.72. The predicted octanol–water partition coefficient (Wildman–Crippen LogP) is 3.50. The Labute approximate surface area is 142 Å². The molecule has 0 amide bonds. The van der Waals surface area contributed by atoms with Crippen molar-refractivity contribution in [3.8, 4) is 35.5 Å². The van der Waals surface area contributed by atoms with Crippen LogP contribution in [0, 0.1) is 35.5 Å². The number of aryl methyl sites for hydroxylation is 2. The fraction of sp³-hybridized carbons (Fsp3) is 0.227.